The molecule has 1 unspecified atom stereocenters. The number of fused-ring (bicyclic) bond motifs is 1. The minimum absolute atomic E-state index is 0.403. The highest BCUT2D eigenvalue weighted by Crippen LogP contribution is 2.24. The Hall–Kier alpha value is -2.34. The van der Waals surface area contributed by atoms with Crippen LogP contribution < -0.4 is 5.73 Å². The quantitative estimate of drug-likeness (QED) is 0.668. The number of benzene rings is 1. The molecule has 2 heterocycles. The lowest BCUT2D eigenvalue weighted by atomic mass is 10.1. The van der Waals surface area contributed by atoms with E-state index >= 15 is 0 Å². The summed E-state index contributed by atoms with van der Waals surface area (Å²) in [4.78, 5) is 4.64. The van der Waals surface area contributed by atoms with Gasteiger partial charge in [-0.25, -0.2) is 4.98 Å². The number of aliphatic hydroxyl groups excluding tert-OH is 1. The summed E-state index contributed by atoms with van der Waals surface area (Å²) in [5.41, 5.74) is 8.43. The molecule has 0 spiro atoms. The lowest BCUT2D eigenvalue weighted by molar-refractivity contribution is 0.175. The SMILES string of the molecule is CCCn1c(CC(O)c2cn[nH]c2N)nc2ccccc21. The van der Waals surface area contributed by atoms with Gasteiger partial charge in [0.2, 0.25) is 0 Å². The summed E-state index contributed by atoms with van der Waals surface area (Å²) in [6, 6.07) is 8.02. The van der Waals surface area contributed by atoms with Gasteiger partial charge in [0, 0.05) is 18.5 Å². The molecule has 110 valence electrons. The molecule has 0 amide bonds. The molecule has 0 aliphatic heterocycles. The normalized spacial score (nSPS) is 12.9. The first-order valence-corrected chi connectivity index (χ1v) is 7.11. The van der Waals surface area contributed by atoms with Crippen molar-refractivity contribution in [3.8, 4) is 0 Å². The van der Waals surface area contributed by atoms with E-state index in [1.165, 1.54) is 0 Å². The van der Waals surface area contributed by atoms with Crippen molar-refractivity contribution >= 4 is 16.9 Å². The third-order valence-corrected chi connectivity index (χ3v) is 3.62. The fourth-order valence-electron chi connectivity index (χ4n) is 2.61. The summed E-state index contributed by atoms with van der Waals surface area (Å²) in [7, 11) is 0. The average Bonchev–Trinajstić information content (AvgIpc) is 3.04. The molecule has 3 rings (SSSR count). The minimum atomic E-state index is -0.712. The van der Waals surface area contributed by atoms with Crippen LogP contribution in [0.2, 0.25) is 0 Å². The summed E-state index contributed by atoms with van der Waals surface area (Å²) in [6.07, 6.45) is 2.28. The molecule has 1 atom stereocenters. The largest absolute Gasteiger partial charge is 0.388 e. The summed E-state index contributed by atoms with van der Waals surface area (Å²) in [5, 5.41) is 16.9. The lowest BCUT2D eigenvalue weighted by Crippen LogP contribution is -2.10. The van der Waals surface area contributed by atoms with Crippen molar-refractivity contribution in [2.75, 3.05) is 5.73 Å². The van der Waals surface area contributed by atoms with Gasteiger partial charge in [0.15, 0.2) is 0 Å². The fraction of sp³-hybridized carbons (Fsp3) is 0.333. The van der Waals surface area contributed by atoms with Gasteiger partial charge in [-0.2, -0.15) is 5.10 Å². The number of hydrogen-bond donors (Lipinski definition) is 3. The van der Waals surface area contributed by atoms with E-state index in [1.807, 2.05) is 18.2 Å². The predicted octanol–water partition coefficient (Wildman–Crippen LogP) is 2.03. The predicted molar refractivity (Wildman–Crippen MR) is 81.7 cm³/mol. The Morgan fingerprint density at radius 3 is 2.90 bits per heavy atom. The Bertz CT molecular complexity index is 745. The molecule has 0 radical (unpaired) electrons. The van der Waals surface area contributed by atoms with Crippen molar-refractivity contribution in [2.24, 2.45) is 0 Å². The Labute approximate surface area is 122 Å². The highest BCUT2D eigenvalue weighted by molar-refractivity contribution is 5.75. The molecular weight excluding hydrogens is 266 g/mol. The first kappa shape index (κ1) is 13.6. The number of anilines is 1. The second-order valence-corrected chi connectivity index (χ2v) is 5.13. The molecule has 6 nitrogen and oxygen atoms in total. The van der Waals surface area contributed by atoms with Gasteiger partial charge in [-0.3, -0.25) is 5.10 Å². The molecule has 0 saturated heterocycles. The average molecular weight is 285 g/mol. The molecule has 0 aliphatic carbocycles. The molecule has 3 aromatic rings. The van der Waals surface area contributed by atoms with Gasteiger partial charge in [-0.1, -0.05) is 19.1 Å². The molecule has 1 aromatic carbocycles. The standard InChI is InChI=1S/C15H19N5O/c1-2-7-20-12-6-4-3-5-11(12)18-14(20)8-13(21)10-9-17-19-15(10)16/h3-6,9,13,21H,2,7-8H2,1H3,(H3,16,17,19). The summed E-state index contributed by atoms with van der Waals surface area (Å²) in [5.74, 6) is 1.27. The zero-order chi connectivity index (χ0) is 14.8. The van der Waals surface area contributed by atoms with Crippen LogP contribution in [0, 0.1) is 0 Å². The zero-order valence-corrected chi connectivity index (χ0v) is 12.0. The summed E-state index contributed by atoms with van der Waals surface area (Å²) < 4.78 is 2.16. The van der Waals surface area contributed by atoms with Crippen LogP contribution in [-0.4, -0.2) is 24.9 Å². The third kappa shape index (κ3) is 2.50. The lowest BCUT2D eigenvalue weighted by Gasteiger charge is -2.11. The first-order valence-electron chi connectivity index (χ1n) is 7.11. The van der Waals surface area contributed by atoms with Crippen LogP contribution in [-0.2, 0) is 13.0 Å². The summed E-state index contributed by atoms with van der Waals surface area (Å²) in [6.45, 7) is 3.01. The van der Waals surface area contributed by atoms with Gasteiger partial charge in [0.05, 0.1) is 23.3 Å². The molecule has 6 heteroatoms. The minimum Gasteiger partial charge on any atom is -0.388 e. The van der Waals surface area contributed by atoms with Crippen molar-refractivity contribution in [2.45, 2.75) is 32.4 Å². The number of H-pyrrole nitrogens is 1. The molecule has 0 fully saturated rings. The Morgan fingerprint density at radius 2 is 2.19 bits per heavy atom. The van der Waals surface area contributed by atoms with Gasteiger partial charge in [0.1, 0.15) is 11.6 Å². The van der Waals surface area contributed by atoms with Crippen molar-refractivity contribution in [3.05, 3.63) is 41.9 Å². The van der Waals surface area contributed by atoms with E-state index in [0.717, 1.165) is 29.8 Å². The zero-order valence-electron chi connectivity index (χ0n) is 12.0. The van der Waals surface area contributed by atoms with Crippen LogP contribution in [0.4, 0.5) is 5.82 Å². The van der Waals surface area contributed by atoms with E-state index < -0.39 is 6.10 Å². The summed E-state index contributed by atoms with van der Waals surface area (Å²) >= 11 is 0. The second kappa shape index (κ2) is 5.57. The van der Waals surface area contributed by atoms with E-state index in [2.05, 4.69) is 32.7 Å². The van der Waals surface area contributed by atoms with Crippen LogP contribution >= 0.6 is 0 Å². The van der Waals surface area contributed by atoms with E-state index in [4.69, 9.17) is 5.73 Å². The van der Waals surface area contributed by atoms with Gasteiger partial charge >= 0.3 is 0 Å². The third-order valence-electron chi connectivity index (χ3n) is 3.62. The number of aliphatic hydroxyl groups is 1. The maximum absolute atomic E-state index is 10.4. The van der Waals surface area contributed by atoms with Gasteiger partial charge in [-0.05, 0) is 18.6 Å². The van der Waals surface area contributed by atoms with Crippen LogP contribution in [0.5, 0.6) is 0 Å². The second-order valence-electron chi connectivity index (χ2n) is 5.13. The molecule has 4 N–H and O–H groups in total. The van der Waals surface area contributed by atoms with Crippen molar-refractivity contribution < 1.29 is 5.11 Å². The number of nitrogen functional groups attached to an aromatic ring is 1. The monoisotopic (exact) mass is 285 g/mol. The molecule has 2 aromatic heterocycles. The number of aromatic amines is 1. The Kier molecular flexibility index (Phi) is 3.62. The van der Waals surface area contributed by atoms with Crippen molar-refractivity contribution in [1.82, 2.24) is 19.7 Å². The highest BCUT2D eigenvalue weighted by atomic mass is 16.3. The Balaban J connectivity index is 1.96. The maximum Gasteiger partial charge on any atom is 0.124 e. The molecule has 0 bridgehead atoms. The number of rotatable bonds is 5. The number of nitrogens with one attached hydrogen (secondary N) is 1. The maximum atomic E-state index is 10.4. The van der Waals surface area contributed by atoms with Gasteiger partial charge in [-0.15, -0.1) is 0 Å². The molecule has 0 saturated carbocycles. The topological polar surface area (TPSA) is 92.8 Å². The smallest absolute Gasteiger partial charge is 0.124 e. The van der Waals surface area contributed by atoms with E-state index in [0.29, 0.717) is 17.8 Å². The van der Waals surface area contributed by atoms with Crippen LogP contribution in [0.25, 0.3) is 11.0 Å². The van der Waals surface area contributed by atoms with Crippen molar-refractivity contribution in [3.63, 3.8) is 0 Å². The van der Waals surface area contributed by atoms with E-state index in [9.17, 15) is 5.11 Å². The van der Waals surface area contributed by atoms with Crippen LogP contribution in [0.15, 0.2) is 30.5 Å². The van der Waals surface area contributed by atoms with Crippen LogP contribution in [0.3, 0.4) is 0 Å². The molecule has 21 heavy (non-hydrogen) atoms. The first-order chi connectivity index (χ1) is 10.2. The molecular formula is C15H19N5O. The molecule has 0 aliphatic rings. The van der Waals surface area contributed by atoms with E-state index in [1.54, 1.807) is 6.20 Å². The number of hydrogen-bond acceptors (Lipinski definition) is 4. The van der Waals surface area contributed by atoms with Gasteiger partial charge in [0.25, 0.3) is 0 Å². The number of aromatic nitrogens is 4. The highest BCUT2D eigenvalue weighted by Gasteiger charge is 2.18. The number of para-hydroxylation sites is 2. The van der Waals surface area contributed by atoms with Crippen molar-refractivity contribution in [1.29, 1.82) is 0 Å². The number of nitrogens with zero attached hydrogens (tertiary/aromatic N) is 3. The number of aryl methyl sites for hydroxylation is 1. The Morgan fingerprint density at radius 1 is 1.38 bits per heavy atom. The van der Waals surface area contributed by atoms with Crippen LogP contribution in [0.1, 0.15) is 30.8 Å². The van der Waals surface area contributed by atoms with E-state index in [-0.39, 0.29) is 0 Å². The number of imidazole rings is 1. The number of nitrogens with two attached hydrogens (primary N) is 1. The van der Waals surface area contributed by atoms with Gasteiger partial charge < -0.3 is 15.4 Å². The fourth-order valence-corrected chi connectivity index (χ4v) is 2.61.